The van der Waals surface area contributed by atoms with Gasteiger partial charge in [-0.05, 0) is 25.7 Å². The lowest BCUT2D eigenvalue weighted by atomic mass is 10.1. The van der Waals surface area contributed by atoms with Crippen molar-refractivity contribution in [3.63, 3.8) is 0 Å². The summed E-state index contributed by atoms with van der Waals surface area (Å²) in [6, 6.07) is 0.457. The van der Waals surface area contributed by atoms with Gasteiger partial charge >= 0.3 is 0 Å². The lowest BCUT2D eigenvalue weighted by molar-refractivity contribution is 0.464. The number of nitrogens with one attached hydrogen (secondary N) is 1. The summed E-state index contributed by atoms with van der Waals surface area (Å²) in [6.07, 6.45) is 4.11. The molecule has 1 aromatic rings. The van der Waals surface area contributed by atoms with Crippen molar-refractivity contribution in [2.45, 2.75) is 39.7 Å². The van der Waals surface area contributed by atoms with Crippen molar-refractivity contribution in [3.8, 4) is 0 Å². The molecule has 102 valence electrons. The van der Waals surface area contributed by atoms with Crippen molar-refractivity contribution in [1.82, 2.24) is 9.55 Å². The van der Waals surface area contributed by atoms with Crippen molar-refractivity contribution >= 4 is 16.7 Å². The number of anilines is 1. The van der Waals surface area contributed by atoms with Crippen LogP contribution in [0.3, 0.4) is 0 Å². The van der Waals surface area contributed by atoms with E-state index >= 15 is 0 Å². The summed E-state index contributed by atoms with van der Waals surface area (Å²) in [5, 5.41) is 3.42. The van der Waals surface area contributed by atoms with Crippen LogP contribution >= 0.6 is 0 Å². The Morgan fingerprint density at radius 1 is 1.50 bits per heavy atom. The third-order valence-electron chi connectivity index (χ3n) is 3.27. The first-order valence-electron chi connectivity index (χ1n) is 6.70. The Bertz CT molecular complexity index is 418. The molecule has 2 rings (SSSR count). The standard InChI is InChI=1S/C13H23N3OS/c1-10(2)8-14-13-15-11(3)9-16(13)12-4-6-18(17)7-5-12/h9-10,12H,4-8H2,1-3H3,(H,14,15). The summed E-state index contributed by atoms with van der Waals surface area (Å²) in [6.45, 7) is 7.35. The van der Waals surface area contributed by atoms with Crippen LogP contribution < -0.4 is 5.32 Å². The minimum Gasteiger partial charge on any atom is -0.355 e. The van der Waals surface area contributed by atoms with Crippen molar-refractivity contribution < 1.29 is 4.21 Å². The maximum atomic E-state index is 11.4. The summed E-state index contributed by atoms with van der Waals surface area (Å²) in [5.41, 5.74) is 1.05. The minimum atomic E-state index is -0.600. The van der Waals surface area contributed by atoms with E-state index in [-0.39, 0.29) is 0 Å². The minimum absolute atomic E-state index is 0.457. The van der Waals surface area contributed by atoms with Gasteiger partial charge < -0.3 is 9.88 Å². The maximum Gasteiger partial charge on any atom is 0.203 e. The zero-order chi connectivity index (χ0) is 13.1. The Morgan fingerprint density at radius 2 is 2.17 bits per heavy atom. The summed E-state index contributed by atoms with van der Waals surface area (Å²) in [4.78, 5) is 4.55. The molecule has 1 aliphatic heterocycles. The number of imidazole rings is 1. The van der Waals surface area contributed by atoms with Gasteiger partial charge in [0.2, 0.25) is 5.95 Å². The fraction of sp³-hybridized carbons (Fsp3) is 0.769. The van der Waals surface area contributed by atoms with Crippen LogP contribution in [0.25, 0.3) is 0 Å². The zero-order valence-corrected chi connectivity index (χ0v) is 12.3. The van der Waals surface area contributed by atoms with Gasteiger partial charge in [0.25, 0.3) is 0 Å². The molecule has 1 fully saturated rings. The first-order chi connectivity index (χ1) is 8.56. The molecule has 0 amide bonds. The van der Waals surface area contributed by atoms with Crippen LogP contribution in [-0.2, 0) is 10.8 Å². The number of hydrogen-bond acceptors (Lipinski definition) is 3. The van der Waals surface area contributed by atoms with E-state index in [4.69, 9.17) is 0 Å². The van der Waals surface area contributed by atoms with E-state index in [0.29, 0.717) is 12.0 Å². The van der Waals surface area contributed by atoms with E-state index in [1.54, 1.807) is 0 Å². The van der Waals surface area contributed by atoms with Crippen molar-refractivity contribution in [3.05, 3.63) is 11.9 Å². The lowest BCUT2D eigenvalue weighted by Crippen LogP contribution is -2.23. The molecular formula is C13H23N3OS. The van der Waals surface area contributed by atoms with Crippen molar-refractivity contribution in [1.29, 1.82) is 0 Å². The SMILES string of the molecule is Cc1cn(C2CCS(=O)CC2)c(NCC(C)C)n1. The van der Waals surface area contributed by atoms with E-state index in [9.17, 15) is 4.21 Å². The fourth-order valence-corrected chi connectivity index (χ4v) is 3.55. The predicted molar refractivity (Wildman–Crippen MR) is 76.4 cm³/mol. The van der Waals surface area contributed by atoms with Crippen LogP contribution in [0.5, 0.6) is 0 Å². The molecule has 1 saturated heterocycles. The van der Waals surface area contributed by atoms with Crippen LogP contribution in [0.4, 0.5) is 5.95 Å². The fourth-order valence-electron chi connectivity index (χ4n) is 2.28. The molecule has 2 heterocycles. The maximum absolute atomic E-state index is 11.4. The summed E-state index contributed by atoms with van der Waals surface area (Å²) in [7, 11) is -0.600. The normalized spacial score (nSPS) is 24.4. The molecule has 0 aromatic carbocycles. The van der Waals surface area contributed by atoms with Gasteiger partial charge in [-0.1, -0.05) is 13.8 Å². The molecule has 1 N–H and O–H groups in total. The molecule has 0 spiro atoms. The van der Waals surface area contributed by atoms with Crippen LogP contribution in [0.15, 0.2) is 6.20 Å². The first kappa shape index (κ1) is 13.6. The van der Waals surface area contributed by atoms with E-state index < -0.39 is 10.8 Å². The molecule has 0 bridgehead atoms. The Hall–Kier alpha value is -0.840. The zero-order valence-electron chi connectivity index (χ0n) is 11.5. The van der Waals surface area contributed by atoms with Crippen molar-refractivity contribution in [2.24, 2.45) is 5.92 Å². The number of nitrogens with zero attached hydrogens (tertiary/aromatic N) is 2. The molecule has 1 aliphatic rings. The van der Waals surface area contributed by atoms with E-state index in [2.05, 4.69) is 34.9 Å². The third-order valence-corrected chi connectivity index (χ3v) is 4.65. The second-order valence-electron chi connectivity index (χ2n) is 5.47. The molecule has 0 aliphatic carbocycles. The topological polar surface area (TPSA) is 46.9 Å². The van der Waals surface area contributed by atoms with E-state index in [0.717, 1.165) is 42.5 Å². The molecule has 0 unspecified atom stereocenters. The van der Waals surface area contributed by atoms with Gasteiger partial charge in [-0.25, -0.2) is 4.98 Å². The molecule has 1 aromatic heterocycles. The average molecular weight is 269 g/mol. The van der Waals surface area contributed by atoms with E-state index in [1.807, 2.05) is 6.92 Å². The Labute approximate surface area is 112 Å². The van der Waals surface area contributed by atoms with Gasteiger partial charge in [0.05, 0.1) is 5.69 Å². The lowest BCUT2D eigenvalue weighted by Gasteiger charge is -2.24. The summed E-state index contributed by atoms with van der Waals surface area (Å²) in [5.74, 6) is 3.23. The highest BCUT2D eigenvalue weighted by Gasteiger charge is 2.21. The Morgan fingerprint density at radius 3 is 2.78 bits per heavy atom. The number of aromatic nitrogens is 2. The second kappa shape index (κ2) is 5.87. The van der Waals surface area contributed by atoms with Gasteiger partial charge in [0.1, 0.15) is 0 Å². The number of aryl methyl sites for hydroxylation is 1. The summed E-state index contributed by atoms with van der Waals surface area (Å²) >= 11 is 0. The average Bonchev–Trinajstić information content (AvgIpc) is 2.69. The largest absolute Gasteiger partial charge is 0.355 e. The Kier molecular flexibility index (Phi) is 4.43. The Balaban J connectivity index is 2.09. The van der Waals surface area contributed by atoms with Gasteiger partial charge in [0, 0.05) is 41.1 Å². The van der Waals surface area contributed by atoms with Crippen LogP contribution in [-0.4, -0.2) is 31.8 Å². The van der Waals surface area contributed by atoms with Crippen molar-refractivity contribution in [2.75, 3.05) is 23.4 Å². The van der Waals surface area contributed by atoms with Crippen LogP contribution in [0, 0.1) is 12.8 Å². The van der Waals surface area contributed by atoms with Gasteiger partial charge in [-0.3, -0.25) is 4.21 Å². The first-order valence-corrected chi connectivity index (χ1v) is 8.19. The second-order valence-corrected chi connectivity index (χ2v) is 7.16. The molecule has 0 radical (unpaired) electrons. The third kappa shape index (κ3) is 3.34. The smallest absolute Gasteiger partial charge is 0.203 e. The number of hydrogen-bond donors (Lipinski definition) is 1. The van der Waals surface area contributed by atoms with Gasteiger partial charge in [0.15, 0.2) is 0 Å². The predicted octanol–water partition coefficient (Wildman–Crippen LogP) is 2.34. The molecule has 5 heteroatoms. The highest BCUT2D eigenvalue weighted by molar-refractivity contribution is 7.85. The van der Waals surface area contributed by atoms with E-state index in [1.165, 1.54) is 0 Å². The molecule has 4 nitrogen and oxygen atoms in total. The van der Waals surface area contributed by atoms with Crippen LogP contribution in [0.2, 0.25) is 0 Å². The highest BCUT2D eigenvalue weighted by Crippen LogP contribution is 2.26. The highest BCUT2D eigenvalue weighted by atomic mass is 32.2. The quantitative estimate of drug-likeness (QED) is 0.912. The van der Waals surface area contributed by atoms with Gasteiger partial charge in [-0.2, -0.15) is 0 Å². The summed E-state index contributed by atoms with van der Waals surface area (Å²) < 4.78 is 13.7. The molecule has 0 atom stereocenters. The monoisotopic (exact) mass is 269 g/mol. The van der Waals surface area contributed by atoms with Crippen LogP contribution in [0.1, 0.15) is 38.4 Å². The number of rotatable bonds is 4. The van der Waals surface area contributed by atoms with Gasteiger partial charge in [-0.15, -0.1) is 0 Å². The molecular weight excluding hydrogens is 246 g/mol. The molecule has 0 saturated carbocycles. The molecule has 18 heavy (non-hydrogen) atoms.